The maximum Gasteiger partial charge on any atom is 0.238 e. The molecular formula is C16H21N3OS. The standard InChI is InChI=1S/C16H21N3OS/c1-12-5-6-13(10-15(12)17)18-16(20)11-19(2)8-7-14-4-3-9-21-14/h3-6,9-10H,7-8,11,17H2,1-2H3,(H,18,20). The lowest BCUT2D eigenvalue weighted by molar-refractivity contribution is -0.117. The molecule has 4 nitrogen and oxygen atoms in total. The van der Waals surface area contributed by atoms with Gasteiger partial charge in [0.2, 0.25) is 5.91 Å². The van der Waals surface area contributed by atoms with Crippen molar-refractivity contribution >= 4 is 28.6 Å². The van der Waals surface area contributed by atoms with E-state index in [-0.39, 0.29) is 5.91 Å². The second kappa shape index (κ2) is 7.24. The number of aryl methyl sites for hydroxylation is 1. The highest BCUT2D eigenvalue weighted by Crippen LogP contribution is 2.16. The van der Waals surface area contributed by atoms with Crippen LogP contribution in [0.2, 0.25) is 0 Å². The summed E-state index contributed by atoms with van der Waals surface area (Å²) in [6.07, 6.45) is 0.971. The minimum absolute atomic E-state index is 0.0214. The summed E-state index contributed by atoms with van der Waals surface area (Å²) in [5, 5.41) is 4.95. The quantitative estimate of drug-likeness (QED) is 0.807. The Morgan fingerprint density at radius 1 is 1.38 bits per heavy atom. The average Bonchev–Trinajstić information content (AvgIpc) is 2.94. The average molecular weight is 303 g/mol. The third-order valence-electron chi connectivity index (χ3n) is 3.30. The molecule has 0 aliphatic heterocycles. The van der Waals surface area contributed by atoms with Crippen molar-refractivity contribution < 1.29 is 4.79 Å². The second-order valence-electron chi connectivity index (χ2n) is 5.19. The van der Waals surface area contributed by atoms with Gasteiger partial charge in [0.15, 0.2) is 0 Å². The zero-order valence-electron chi connectivity index (χ0n) is 12.4. The third kappa shape index (κ3) is 4.88. The Morgan fingerprint density at radius 2 is 2.19 bits per heavy atom. The van der Waals surface area contributed by atoms with Crippen LogP contribution in [0, 0.1) is 6.92 Å². The molecule has 1 aromatic heterocycles. The van der Waals surface area contributed by atoms with Crippen molar-refractivity contribution in [1.29, 1.82) is 0 Å². The smallest absolute Gasteiger partial charge is 0.238 e. The summed E-state index contributed by atoms with van der Waals surface area (Å²) in [5.41, 5.74) is 8.29. The number of hydrogen-bond acceptors (Lipinski definition) is 4. The lowest BCUT2D eigenvalue weighted by Gasteiger charge is -2.16. The number of likely N-dealkylation sites (N-methyl/N-ethyl adjacent to an activating group) is 1. The van der Waals surface area contributed by atoms with Crippen LogP contribution in [0.25, 0.3) is 0 Å². The monoisotopic (exact) mass is 303 g/mol. The summed E-state index contributed by atoms with van der Waals surface area (Å²) in [4.78, 5) is 15.4. The summed E-state index contributed by atoms with van der Waals surface area (Å²) in [6.45, 7) is 3.18. The first-order valence-corrected chi connectivity index (χ1v) is 7.79. The molecule has 0 spiro atoms. The molecular weight excluding hydrogens is 282 g/mol. The summed E-state index contributed by atoms with van der Waals surface area (Å²) in [7, 11) is 1.96. The van der Waals surface area contributed by atoms with Gasteiger partial charge >= 0.3 is 0 Å². The largest absolute Gasteiger partial charge is 0.398 e. The van der Waals surface area contributed by atoms with E-state index in [0.29, 0.717) is 12.2 Å². The van der Waals surface area contributed by atoms with Crippen LogP contribution < -0.4 is 11.1 Å². The molecule has 0 saturated carbocycles. The van der Waals surface area contributed by atoms with E-state index in [4.69, 9.17) is 5.73 Å². The van der Waals surface area contributed by atoms with Gasteiger partial charge in [-0.2, -0.15) is 0 Å². The Hall–Kier alpha value is -1.85. The van der Waals surface area contributed by atoms with Crippen molar-refractivity contribution in [1.82, 2.24) is 4.90 Å². The normalized spacial score (nSPS) is 10.8. The van der Waals surface area contributed by atoms with Crippen LogP contribution in [0.15, 0.2) is 35.7 Å². The minimum Gasteiger partial charge on any atom is -0.398 e. The molecule has 0 radical (unpaired) electrons. The Kier molecular flexibility index (Phi) is 5.36. The van der Waals surface area contributed by atoms with Crippen LogP contribution in [0.4, 0.5) is 11.4 Å². The number of carbonyl (C=O) groups is 1. The van der Waals surface area contributed by atoms with Crippen LogP contribution in [0.5, 0.6) is 0 Å². The van der Waals surface area contributed by atoms with Crippen LogP contribution >= 0.6 is 11.3 Å². The first kappa shape index (κ1) is 15.5. The van der Waals surface area contributed by atoms with E-state index < -0.39 is 0 Å². The van der Waals surface area contributed by atoms with Crippen molar-refractivity contribution in [2.45, 2.75) is 13.3 Å². The number of nitrogens with two attached hydrogens (primary N) is 1. The fourth-order valence-corrected chi connectivity index (χ4v) is 2.70. The van der Waals surface area contributed by atoms with Crippen molar-refractivity contribution in [3.8, 4) is 0 Å². The topological polar surface area (TPSA) is 58.4 Å². The number of nitrogen functional groups attached to an aromatic ring is 1. The Morgan fingerprint density at radius 3 is 2.86 bits per heavy atom. The predicted octanol–water partition coefficient (Wildman–Crippen LogP) is 2.75. The van der Waals surface area contributed by atoms with E-state index in [1.54, 1.807) is 17.4 Å². The first-order chi connectivity index (χ1) is 10.0. The molecule has 21 heavy (non-hydrogen) atoms. The lowest BCUT2D eigenvalue weighted by atomic mass is 10.2. The molecule has 0 aliphatic carbocycles. The summed E-state index contributed by atoms with van der Waals surface area (Å²) < 4.78 is 0. The Labute approximate surface area is 129 Å². The highest BCUT2D eigenvalue weighted by Gasteiger charge is 2.08. The van der Waals surface area contributed by atoms with E-state index in [0.717, 1.165) is 24.2 Å². The van der Waals surface area contributed by atoms with E-state index >= 15 is 0 Å². The highest BCUT2D eigenvalue weighted by atomic mass is 32.1. The fraction of sp³-hybridized carbons (Fsp3) is 0.312. The number of rotatable bonds is 6. The van der Waals surface area contributed by atoms with Gasteiger partial charge in [0.05, 0.1) is 6.54 Å². The van der Waals surface area contributed by atoms with Gasteiger partial charge in [-0.15, -0.1) is 11.3 Å². The molecule has 0 aliphatic rings. The molecule has 2 rings (SSSR count). The molecule has 1 heterocycles. The maximum absolute atomic E-state index is 12.0. The number of thiophene rings is 1. The van der Waals surface area contributed by atoms with Gasteiger partial charge in [0.1, 0.15) is 0 Å². The van der Waals surface area contributed by atoms with Crippen molar-refractivity contribution in [3.63, 3.8) is 0 Å². The molecule has 5 heteroatoms. The Balaban J connectivity index is 1.79. The van der Waals surface area contributed by atoms with Gasteiger partial charge in [-0.25, -0.2) is 0 Å². The van der Waals surface area contributed by atoms with E-state index in [1.165, 1.54) is 4.88 Å². The summed E-state index contributed by atoms with van der Waals surface area (Å²) in [5.74, 6) is -0.0214. The number of anilines is 2. The van der Waals surface area contributed by atoms with Gasteiger partial charge in [0, 0.05) is 22.8 Å². The van der Waals surface area contributed by atoms with Crippen LogP contribution in [0.3, 0.4) is 0 Å². The molecule has 0 unspecified atom stereocenters. The van der Waals surface area contributed by atoms with Crippen LogP contribution in [-0.2, 0) is 11.2 Å². The SMILES string of the molecule is Cc1ccc(NC(=O)CN(C)CCc2cccs2)cc1N. The van der Waals surface area contributed by atoms with E-state index in [1.807, 2.05) is 31.0 Å². The molecule has 1 amide bonds. The third-order valence-corrected chi connectivity index (χ3v) is 4.23. The Bertz CT molecular complexity index is 596. The second-order valence-corrected chi connectivity index (χ2v) is 6.22. The van der Waals surface area contributed by atoms with Crippen LogP contribution in [0.1, 0.15) is 10.4 Å². The van der Waals surface area contributed by atoms with Crippen LogP contribution in [-0.4, -0.2) is 30.9 Å². The molecule has 1 aromatic carbocycles. The number of nitrogens with zero attached hydrogens (tertiary/aromatic N) is 1. The van der Waals surface area contributed by atoms with E-state index in [9.17, 15) is 4.79 Å². The maximum atomic E-state index is 12.0. The van der Waals surface area contributed by atoms with Gasteiger partial charge in [-0.3, -0.25) is 9.69 Å². The number of nitrogens with one attached hydrogen (secondary N) is 1. The molecule has 3 N–H and O–H groups in total. The molecule has 0 saturated heterocycles. The van der Waals surface area contributed by atoms with Crippen molar-refractivity contribution in [2.24, 2.45) is 0 Å². The molecule has 0 atom stereocenters. The van der Waals surface area contributed by atoms with E-state index in [2.05, 4.69) is 22.8 Å². The van der Waals surface area contributed by atoms with Gasteiger partial charge in [-0.05, 0) is 49.5 Å². The number of benzene rings is 1. The number of amides is 1. The lowest BCUT2D eigenvalue weighted by Crippen LogP contribution is -2.31. The summed E-state index contributed by atoms with van der Waals surface area (Å²) >= 11 is 1.75. The molecule has 0 bridgehead atoms. The van der Waals surface area contributed by atoms with Crippen molar-refractivity contribution in [2.75, 3.05) is 31.2 Å². The van der Waals surface area contributed by atoms with Gasteiger partial charge < -0.3 is 11.1 Å². The first-order valence-electron chi connectivity index (χ1n) is 6.91. The molecule has 112 valence electrons. The fourth-order valence-electron chi connectivity index (χ4n) is 2.00. The minimum atomic E-state index is -0.0214. The van der Waals surface area contributed by atoms with Gasteiger partial charge in [-0.1, -0.05) is 12.1 Å². The highest BCUT2D eigenvalue weighted by molar-refractivity contribution is 7.09. The predicted molar refractivity (Wildman–Crippen MR) is 89.7 cm³/mol. The van der Waals surface area contributed by atoms with Gasteiger partial charge in [0.25, 0.3) is 0 Å². The molecule has 0 fully saturated rings. The number of carbonyl (C=O) groups excluding carboxylic acids is 1. The zero-order chi connectivity index (χ0) is 15.2. The van der Waals surface area contributed by atoms with Crippen molar-refractivity contribution in [3.05, 3.63) is 46.2 Å². The number of hydrogen-bond donors (Lipinski definition) is 2. The zero-order valence-corrected chi connectivity index (χ0v) is 13.2. The molecule has 2 aromatic rings. The summed E-state index contributed by atoms with van der Waals surface area (Å²) in [6, 6.07) is 9.74.